The van der Waals surface area contributed by atoms with Crippen LogP contribution < -0.4 is 5.32 Å². The lowest BCUT2D eigenvalue weighted by Gasteiger charge is -2.62. The highest BCUT2D eigenvalue weighted by atomic mass is 16.1. The quantitative estimate of drug-likeness (QED) is 0.857. The van der Waals surface area contributed by atoms with Crippen molar-refractivity contribution in [2.45, 2.75) is 45.4 Å². The fraction of sp³-hybridized carbons (Fsp3) is 0.562. The van der Waals surface area contributed by atoms with Gasteiger partial charge in [-0.15, -0.1) is 0 Å². The van der Waals surface area contributed by atoms with Crippen molar-refractivity contribution in [2.75, 3.05) is 5.32 Å². The highest BCUT2D eigenvalue weighted by Gasteiger charge is 2.57. The summed E-state index contributed by atoms with van der Waals surface area (Å²) in [5, 5.41) is 2.76. The number of rotatable bonds is 4. The number of Topliss-reactive ketones (excluding diaryl/α,β-unsaturated/α-hetero) is 1. The maximum absolute atomic E-state index is 12.2. The van der Waals surface area contributed by atoms with E-state index in [0.29, 0.717) is 11.4 Å². The number of nitrogens with zero attached hydrogens (tertiary/aromatic N) is 1. The second-order valence-electron chi connectivity index (χ2n) is 6.58. The normalized spacial score (nSPS) is 26.7. The Bertz CT molecular complexity index is 575. The average Bonchev–Trinajstić information content (AvgIpc) is 2.23. The lowest BCUT2D eigenvalue weighted by Crippen LogP contribution is -2.55. The van der Waals surface area contributed by atoms with E-state index in [1.54, 1.807) is 0 Å². The molecule has 4 heteroatoms. The van der Waals surface area contributed by atoms with Gasteiger partial charge in [-0.2, -0.15) is 0 Å². The molecule has 0 radical (unpaired) electrons. The van der Waals surface area contributed by atoms with Crippen LogP contribution in [-0.2, 0) is 10.2 Å². The number of carbonyl (C=O) groups is 2. The third kappa shape index (κ3) is 1.94. The zero-order valence-corrected chi connectivity index (χ0v) is 12.2. The molecule has 20 heavy (non-hydrogen) atoms. The van der Waals surface area contributed by atoms with Crippen LogP contribution in [0.1, 0.15) is 56.1 Å². The Morgan fingerprint density at radius 2 is 2.00 bits per heavy atom. The molecule has 3 saturated carbocycles. The van der Waals surface area contributed by atoms with Crippen molar-refractivity contribution in [1.29, 1.82) is 0 Å². The number of nitrogens with one attached hydrogen (secondary N) is 1. The van der Waals surface area contributed by atoms with Crippen LogP contribution in [-0.4, -0.2) is 16.7 Å². The molecule has 0 spiro atoms. The van der Waals surface area contributed by atoms with Crippen LogP contribution in [0.3, 0.4) is 0 Å². The highest BCUT2D eigenvalue weighted by Crippen LogP contribution is 2.65. The van der Waals surface area contributed by atoms with Crippen LogP contribution in [0.4, 0.5) is 5.69 Å². The van der Waals surface area contributed by atoms with Gasteiger partial charge in [0.15, 0.2) is 5.78 Å². The number of hydrogen-bond donors (Lipinski definition) is 1. The largest absolute Gasteiger partial charge is 0.324 e. The van der Waals surface area contributed by atoms with E-state index in [4.69, 9.17) is 0 Å². The van der Waals surface area contributed by atoms with Crippen molar-refractivity contribution < 1.29 is 9.59 Å². The second kappa shape index (κ2) is 4.40. The van der Waals surface area contributed by atoms with Gasteiger partial charge in [0.1, 0.15) is 5.69 Å². The van der Waals surface area contributed by atoms with Gasteiger partial charge in [-0.05, 0) is 42.2 Å². The molecule has 3 fully saturated rings. The topological polar surface area (TPSA) is 59.1 Å². The van der Waals surface area contributed by atoms with E-state index in [0.717, 1.165) is 5.92 Å². The molecule has 0 aromatic carbocycles. The summed E-state index contributed by atoms with van der Waals surface area (Å²) in [5.74, 6) is 0.559. The molecular formula is C16H20N2O2. The second-order valence-corrected chi connectivity index (χ2v) is 6.58. The Morgan fingerprint density at radius 3 is 2.45 bits per heavy atom. The summed E-state index contributed by atoms with van der Waals surface area (Å²) >= 11 is 0. The van der Waals surface area contributed by atoms with Crippen molar-refractivity contribution in [1.82, 2.24) is 4.98 Å². The number of hydrogen-bond acceptors (Lipinski definition) is 3. The number of amides is 1. The molecule has 1 N–H and O–H groups in total. The molecule has 0 saturated heterocycles. The molecule has 0 unspecified atom stereocenters. The Hall–Kier alpha value is -1.71. The van der Waals surface area contributed by atoms with Crippen molar-refractivity contribution in [3.05, 3.63) is 23.5 Å². The fourth-order valence-electron chi connectivity index (χ4n) is 3.34. The molecule has 106 valence electrons. The molecule has 3 aliphatic rings. The first-order valence-electron chi connectivity index (χ1n) is 7.23. The maximum Gasteiger partial charge on any atom is 0.221 e. The molecule has 4 nitrogen and oxygen atoms in total. The van der Waals surface area contributed by atoms with E-state index in [2.05, 4.69) is 10.3 Å². The number of pyridine rings is 1. The van der Waals surface area contributed by atoms with Gasteiger partial charge < -0.3 is 5.32 Å². The minimum Gasteiger partial charge on any atom is -0.324 e. The third-order valence-electron chi connectivity index (χ3n) is 4.61. The SMILES string of the molecule is CC(=O)Nc1cc(C23CC(C2)C3)cnc1C(=O)C(C)C. The van der Waals surface area contributed by atoms with Gasteiger partial charge in [-0.25, -0.2) is 0 Å². The third-order valence-corrected chi connectivity index (χ3v) is 4.61. The predicted octanol–water partition coefficient (Wildman–Crippen LogP) is 2.93. The number of anilines is 1. The van der Waals surface area contributed by atoms with E-state index in [1.807, 2.05) is 26.1 Å². The molecule has 3 aliphatic carbocycles. The van der Waals surface area contributed by atoms with Gasteiger partial charge in [0.2, 0.25) is 5.91 Å². The molecule has 1 heterocycles. The van der Waals surface area contributed by atoms with Crippen LogP contribution in [0.25, 0.3) is 0 Å². The molecule has 1 aromatic rings. The monoisotopic (exact) mass is 272 g/mol. The summed E-state index contributed by atoms with van der Waals surface area (Å²) in [4.78, 5) is 27.9. The van der Waals surface area contributed by atoms with E-state index in [-0.39, 0.29) is 23.0 Å². The lowest BCUT2D eigenvalue weighted by molar-refractivity contribution is -0.114. The van der Waals surface area contributed by atoms with E-state index in [1.165, 1.54) is 31.7 Å². The van der Waals surface area contributed by atoms with Gasteiger partial charge >= 0.3 is 0 Å². The van der Waals surface area contributed by atoms with Crippen LogP contribution in [0.2, 0.25) is 0 Å². The fourth-order valence-corrected chi connectivity index (χ4v) is 3.34. The Kier molecular flexibility index (Phi) is 2.92. The number of carbonyl (C=O) groups excluding carboxylic acids is 2. The molecule has 4 rings (SSSR count). The van der Waals surface area contributed by atoms with Gasteiger partial charge in [0.05, 0.1) is 5.69 Å². The Balaban J connectivity index is 1.97. The summed E-state index contributed by atoms with van der Waals surface area (Å²) in [6.07, 6.45) is 5.51. The first-order chi connectivity index (χ1) is 9.41. The van der Waals surface area contributed by atoms with Gasteiger partial charge in [-0.3, -0.25) is 14.6 Å². The van der Waals surface area contributed by atoms with Gasteiger partial charge in [0, 0.05) is 19.0 Å². The summed E-state index contributed by atoms with van der Waals surface area (Å²) in [6.45, 7) is 5.14. The van der Waals surface area contributed by atoms with Crippen molar-refractivity contribution in [3.63, 3.8) is 0 Å². The average molecular weight is 272 g/mol. The summed E-state index contributed by atoms with van der Waals surface area (Å²) in [7, 11) is 0. The molecule has 0 aliphatic heterocycles. The van der Waals surface area contributed by atoms with Crippen LogP contribution >= 0.6 is 0 Å². The zero-order valence-electron chi connectivity index (χ0n) is 12.2. The van der Waals surface area contributed by atoms with Crippen molar-refractivity contribution >= 4 is 17.4 Å². The zero-order chi connectivity index (χ0) is 14.5. The van der Waals surface area contributed by atoms with Gasteiger partial charge in [0.25, 0.3) is 0 Å². The van der Waals surface area contributed by atoms with Gasteiger partial charge in [-0.1, -0.05) is 13.8 Å². The van der Waals surface area contributed by atoms with Crippen molar-refractivity contribution in [2.24, 2.45) is 11.8 Å². The Morgan fingerprint density at radius 1 is 1.35 bits per heavy atom. The molecule has 0 atom stereocenters. The first-order valence-corrected chi connectivity index (χ1v) is 7.23. The molecule has 1 amide bonds. The summed E-state index contributed by atoms with van der Waals surface area (Å²) < 4.78 is 0. The van der Waals surface area contributed by atoms with Crippen LogP contribution in [0.5, 0.6) is 0 Å². The molecule has 2 bridgehead atoms. The van der Waals surface area contributed by atoms with Crippen LogP contribution in [0, 0.1) is 11.8 Å². The van der Waals surface area contributed by atoms with E-state index in [9.17, 15) is 9.59 Å². The smallest absolute Gasteiger partial charge is 0.221 e. The van der Waals surface area contributed by atoms with Crippen molar-refractivity contribution in [3.8, 4) is 0 Å². The minimum atomic E-state index is -0.167. The molecule has 1 aromatic heterocycles. The summed E-state index contributed by atoms with van der Waals surface area (Å²) in [5.41, 5.74) is 2.40. The van der Waals surface area contributed by atoms with E-state index >= 15 is 0 Å². The Labute approximate surface area is 119 Å². The maximum atomic E-state index is 12.2. The number of ketones is 1. The van der Waals surface area contributed by atoms with E-state index < -0.39 is 0 Å². The molecular weight excluding hydrogens is 252 g/mol. The first kappa shape index (κ1) is 13.3. The minimum absolute atomic E-state index is 0.0297. The van der Waals surface area contributed by atoms with Crippen LogP contribution in [0.15, 0.2) is 12.3 Å². The predicted molar refractivity (Wildman–Crippen MR) is 76.7 cm³/mol. The standard InChI is InChI=1S/C16H20N2O2/c1-9(2)15(20)14-13(18-10(3)19)4-12(8-17-14)16-5-11(6-16)7-16/h4,8-9,11H,5-7H2,1-3H3,(H,18,19). The lowest BCUT2D eigenvalue weighted by atomic mass is 9.42. The highest BCUT2D eigenvalue weighted by molar-refractivity contribution is 6.03. The summed E-state index contributed by atoms with van der Waals surface area (Å²) in [6, 6.07) is 1.96. The number of aromatic nitrogens is 1.